The molecule has 0 fully saturated rings. The van der Waals surface area contributed by atoms with E-state index in [2.05, 4.69) is 38.8 Å². The van der Waals surface area contributed by atoms with Crippen LogP contribution in [0.15, 0.2) is 36.5 Å². The molecule has 1 aromatic carbocycles. The SMILES string of the molecule is Clc1nccc(-c2c3n(c4ccccc24)CCCC3)n1. The van der Waals surface area contributed by atoms with Crippen molar-refractivity contribution in [2.24, 2.45) is 0 Å². The third-order valence-electron chi connectivity index (χ3n) is 4.01. The molecular weight excluding hydrogens is 270 g/mol. The number of para-hydroxylation sites is 1. The van der Waals surface area contributed by atoms with Gasteiger partial charge in [-0.1, -0.05) is 18.2 Å². The summed E-state index contributed by atoms with van der Waals surface area (Å²) in [6.45, 7) is 1.09. The zero-order valence-corrected chi connectivity index (χ0v) is 11.8. The van der Waals surface area contributed by atoms with Gasteiger partial charge in [-0.05, 0) is 43.0 Å². The van der Waals surface area contributed by atoms with Gasteiger partial charge in [0, 0.05) is 34.9 Å². The Morgan fingerprint density at radius 3 is 2.90 bits per heavy atom. The Bertz CT molecular complexity index is 792. The van der Waals surface area contributed by atoms with Crippen molar-refractivity contribution >= 4 is 22.5 Å². The van der Waals surface area contributed by atoms with Crippen LogP contribution in [0.25, 0.3) is 22.2 Å². The maximum absolute atomic E-state index is 5.97. The highest BCUT2D eigenvalue weighted by Gasteiger charge is 2.21. The third kappa shape index (κ3) is 1.74. The molecule has 0 bridgehead atoms. The largest absolute Gasteiger partial charge is 0.344 e. The van der Waals surface area contributed by atoms with Gasteiger partial charge in [0.05, 0.1) is 5.69 Å². The standard InChI is InChI=1S/C16H14ClN3/c17-16-18-9-8-12(19-16)15-11-5-1-2-6-13(11)20-10-4-3-7-14(15)20/h1-2,5-6,8-9H,3-4,7,10H2. The Labute approximate surface area is 122 Å². The van der Waals surface area contributed by atoms with E-state index in [1.807, 2.05) is 6.07 Å². The van der Waals surface area contributed by atoms with Crippen molar-refractivity contribution in [3.05, 3.63) is 47.5 Å². The van der Waals surface area contributed by atoms with E-state index in [0.29, 0.717) is 5.28 Å². The molecule has 0 amide bonds. The molecule has 4 heteroatoms. The van der Waals surface area contributed by atoms with Gasteiger partial charge in [-0.15, -0.1) is 0 Å². The smallest absolute Gasteiger partial charge is 0.222 e. The van der Waals surface area contributed by atoms with E-state index < -0.39 is 0 Å². The van der Waals surface area contributed by atoms with E-state index in [9.17, 15) is 0 Å². The molecule has 4 rings (SSSR count). The first-order valence-electron chi connectivity index (χ1n) is 6.93. The van der Waals surface area contributed by atoms with Crippen molar-refractivity contribution in [1.82, 2.24) is 14.5 Å². The second-order valence-electron chi connectivity index (χ2n) is 5.16. The van der Waals surface area contributed by atoms with Crippen molar-refractivity contribution in [2.45, 2.75) is 25.8 Å². The molecule has 0 aliphatic carbocycles. The number of aromatic nitrogens is 3. The van der Waals surface area contributed by atoms with Gasteiger partial charge < -0.3 is 4.57 Å². The number of halogens is 1. The summed E-state index contributed by atoms with van der Waals surface area (Å²) in [7, 11) is 0. The molecule has 0 spiro atoms. The first kappa shape index (κ1) is 11.9. The zero-order valence-electron chi connectivity index (χ0n) is 11.0. The van der Waals surface area contributed by atoms with Crippen molar-refractivity contribution in [3.63, 3.8) is 0 Å². The molecule has 0 atom stereocenters. The average Bonchev–Trinajstić information content (AvgIpc) is 2.82. The van der Waals surface area contributed by atoms with Crippen LogP contribution in [0, 0.1) is 0 Å². The fraction of sp³-hybridized carbons (Fsp3) is 0.250. The lowest BCUT2D eigenvalue weighted by Gasteiger charge is -2.17. The lowest BCUT2D eigenvalue weighted by molar-refractivity contribution is 0.546. The normalized spacial score (nSPS) is 14.4. The van der Waals surface area contributed by atoms with E-state index in [4.69, 9.17) is 11.6 Å². The summed E-state index contributed by atoms with van der Waals surface area (Å²) in [4.78, 5) is 8.40. The van der Waals surface area contributed by atoms with Gasteiger partial charge in [-0.2, -0.15) is 0 Å². The van der Waals surface area contributed by atoms with E-state index in [0.717, 1.165) is 18.7 Å². The number of nitrogens with zero attached hydrogens (tertiary/aromatic N) is 3. The monoisotopic (exact) mass is 283 g/mol. The average molecular weight is 284 g/mol. The highest BCUT2D eigenvalue weighted by molar-refractivity contribution is 6.28. The minimum atomic E-state index is 0.308. The molecule has 3 nitrogen and oxygen atoms in total. The quantitative estimate of drug-likeness (QED) is 0.630. The molecule has 100 valence electrons. The third-order valence-corrected chi connectivity index (χ3v) is 4.19. The van der Waals surface area contributed by atoms with E-state index >= 15 is 0 Å². The Balaban J connectivity index is 2.08. The summed E-state index contributed by atoms with van der Waals surface area (Å²) in [6, 6.07) is 10.5. The molecule has 20 heavy (non-hydrogen) atoms. The van der Waals surface area contributed by atoms with Gasteiger partial charge in [0.25, 0.3) is 0 Å². The van der Waals surface area contributed by atoms with Gasteiger partial charge >= 0.3 is 0 Å². The fourth-order valence-electron chi connectivity index (χ4n) is 3.19. The molecule has 0 unspecified atom stereocenters. The number of hydrogen-bond donors (Lipinski definition) is 0. The molecule has 0 saturated carbocycles. The fourth-order valence-corrected chi connectivity index (χ4v) is 3.34. The molecule has 0 N–H and O–H groups in total. The van der Waals surface area contributed by atoms with Crippen molar-refractivity contribution in [2.75, 3.05) is 0 Å². The molecule has 1 aliphatic rings. The van der Waals surface area contributed by atoms with Gasteiger partial charge in [0.1, 0.15) is 0 Å². The molecule has 2 aromatic heterocycles. The number of benzene rings is 1. The van der Waals surface area contributed by atoms with Crippen LogP contribution >= 0.6 is 11.6 Å². The van der Waals surface area contributed by atoms with Gasteiger partial charge in [0.2, 0.25) is 5.28 Å². The van der Waals surface area contributed by atoms with Crippen LogP contribution in [-0.2, 0) is 13.0 Å². The summed E-state index contributed by atoms with van der Waals surface area (Å²) >= 11 is 5.97. The summed E-state index contributed by atoms with van der Waals surface area (Å²) in [6.07, 6.45) is 5.32. The summed E-state index contributed by atoms with van der Waals surface area (Å²) in [5, 5.41) is 1.57. The number of fused-ring (bicyclic) bond motifs is 3. The number of hydrogen-bond acceptors (Lipinski definition) is 2. The topological polar surface area (TPSA) is 30.7 Å². The van der Waals surface area contributed by atoms with Gasteiger partial charge in [0.15, 0.2) is 0 Å². The highest BCUT2D eigenvalue weighted by atomic mass is 35.5. The van der Waals surface area contributed by atoms with Crippen LogP contribution in [0.3, 0.4) is 0 Å². The maximum atomic E-state index is 5.97. The molecule has 3 heterocycles. The summed E-state index contributed by atoms with van der Waals surface area (Å²) < 4.78 is 2.43. The number of rotatable bonds is 1. The predicted molar refractivity (Wildman–Crippen MR) is 80.9 cm³/mol. The van der Waals surface area contributed by atoms with Crippen LogP contribution < -0.4 is 0 Å². The Morgan fingerprint density at radius 2 is 2.00 bits per heavy atom. The van der Waals surface area contributed by atoms with Crippen molar-refractivity contribution < 1.29 is 0 Å². The first-order chi connectivity index (χ1) is 9.84. The molecule has 3 aromatic rings. The van der Waals surface area contributed by atoms with Gasteiger partial charge in [-0.25, -0.2) is 9.97 Å². The minimum Gasteiger partial charge on any atom is -0.344 e. The van der Waals surface area contributed by atoms with Crippen LogP contribution in [-0.4, -0.2) is 14.5 Å². The first-order valence-corrected chi connectivity index (χ1v) is 7.31. The van der Waals surface area contributed by atoms with Crippen LogP contribution in [0.1, 0.15) is 18.5 Å². The van der Waals surface area contributed by atoms with Crippen molar-refractivity contribution in [1.29, 1.82) is 0 Å². The second-order valence-corrected chi connectivity index (χ2v) is 5.50. The molecule has 0 radical (unpaired) electrons. The lowest BCUT2D eigenvalue weighted by Crippen LogP contribution is -2.10. The van der Waals surface area contributed by atoms with Crippen LogP contribution in [0.5, 0.6) is 0 Å². The summed E-state index contributed by atoms with van der Waals surface area (Å²) in [5.74, 6) is 0. The zero-order chi connectivity index (χ0) is 13.5. The van der Waals surface area contributed by atoms with E-state index in [1.165, 1.54) is 35.0 Å². The number of aryl methyl sites for hydroxylation is 1. The van der Waals surface area contributed by atoms with E-state index in [-0.39, 0.29) is 0 Å². The van der Waals surface area contributed by atoms with Gasteiger partial charge in [-0.3, -0.25) is 0 Å². The lowest BCUT2D eigenvalue weighted by atomic mass is 10.0. The van der Waals surface area contributed by atoms with E-state index in [1.54, 1.807) is 6.20 Å². The molecule has 1 aliphatic heterocycles. The molecular formula is C16H14ClN3. The Morgan fingerprint density at radius 1 is 1.10 bits per heavy atom. The van der Waals surface area contributed by atoms with Crippen LogP contribution in [0.4, 0.5) is 0 Å². The highest BCUT2D eigenvalue weighted by Crippen LogP contribution is 2.37. The Kier molecular flexibility index (Phi) is 2.74. The molecule has 0 saturated heterocycles. The summed E-state index contributed by atoms with van der Waals surface area (Å²) in [5.41, 5.74) is 4.83. The minimum absolute atomic E-state index is 0.308. The second kappa shape index (κ2) is 4.60. The van der Waals surface area contributed by atoms with Crippen molar-refractivity contribution in [3.8, 4) is 11.3 Å². The Hall–Kier alpha value is -1.87. The maximum Gasteiger partial charge on any atom is 0.222 e. The van der Waals surface area contributed by atoms with Crippen LogP contribution in [0.2, 0.25) is 5.28 Å². The predicted octanol–water partition coefficient (Wildman–Crippen LogP) is 4.09.